The van der Waals surface area contributed by atoms with Crippen LogP contribution in [0.4, 0.5) is 0 Å². The van der Waals surface area contributed by atoms with Gasteiger partial charge in [0.1, 0.15) is 12.7 Å². The first-order chi connectivity index (χ1) is 15.1. The van der Waals surface area contributed by atoms with Gasteiger partial charge in [-0.1, -0.05) is 32.4 Å². The van der Waals surface area contributed by atoms with Gasteiger partial charge in [-0.15, -0.1) is 0 Å². The van der Waals surface area contributed by atoms with Gasteiger partial charge in [-0.05, 0) is 56.1 Å². The van der Waals surface area contributed by atoms with E-state index in [1.165, 1.54) is 0 Å². The van der Waals surface area contributed by atoms with Crippen molar-refractivity contribution in [3.63, 3.8) is 0 Å². The molecule has 0 aromatic carbocycles. The fourth-order valence-electron chi connectivity index (χ4n) is 8.08. The van der Waals surface area contributed by atoms with Gasteiger partial charge in [0, 0.05) is 16.7 Å². The standard InChI is InChI=1S/C25H34O7/c1-4-17(28)22-31-20-10-16-15-6-5-13-9-14(27)7-8-23(13,2)21(15)18(29)11-24(16,3)25(20,32-22)19(30)12-26/h7-9,15-18,20-22,26,28-29H,4-6,10-12H2,1-3H3/t15-,16-,17-,18-,20+,21+,22?,23-,24-,25+/m0/s1. The van der Waals surface area contributed by atoms with E-state index in [1.807, 2.05) is 19.9 Å². The minimum Gasteiger partial charge on any atom is -0.393 e. The smallest absolute Gasteiger partial charge is 0.193 e. The minimum absolute atomic E-state index is 0.00344. The summed E-state index contributed by atoms with van der Waals surface area (Å²) < 4.78 is 12.4. The zero-order valence-electron chi connectivity index (χ0n) is 19.0. The highest BCUT2D eigenvalue weighted by Crippen LogP contribution is 2.69. The number of aliphatic hydroxyl groups is 3. The summed E-state index contributed by atoms with van der Waals surface area (Å²) >= 11 is 0. The number of rotatable bonds is 4. The minimum atomic E-state index is -1.38. The second-order valence-electron chi connectivity index (χ2n) is 10.9. The molecule has 0 aromatic rings. The fraction of sp³-hybridized carbons (Fsp3) is 0.760. The molecule has 4 fully saturated rings. The highest BCUT2D eigenvalue weighted by Gasteiger charge is 2.76. The quantitative estimate of drug-likeness (QED) is 0.602. The molecule has 32 heavy (non-hydrogen) atoms. The van der Waals surface area contributed by atoms with E-state index in [9.17, 15) is 24.9 Å². The van der Waals surface area contributed by atoms with Gasteiger partial charge in [0.15, 0.2) is 23.5 Å². The zero-order valence-corrected chi connectivity index (χ0v) is 19.0. The van der Waals surface area contributed by atoms with E-state index in [-0.39, 0.29) is 23.5 Å². The Morgan fingerprint density at radius 2 is 2.09 bits per heavy atom. The Balaban J connectivity index is 1.55. The lowest BCUT2D eigenvalue weighted by molar-refractivity contribution is -0.215. The van der Waals surface area contributed by atoms with Crippen molar-refractivity contribution >= 4 is 11.6 Å². The van der Waals surface area contributed by atoms with Gasteiger partial charge >= 0.3 is 0 Å². The van der Waals surface area contributed by atoms with Crippen molar-refractivity contribution in [3.8, 4) is 0 Å². The van der Waals surface area contributed by atoms with Gasteiger partial charge in [0.25, 0.3) is 0 Å². The van der Waals surface area contributed by atoms with Crippen molar-refractivity contribution in [2.24, 2.45) is 28.6 Å². The summed E-state index contributed by atoms with van der Waals surface area (Å²) in [5.41, 5.74) is -1.43. The largest absolute Gasteiger partial charge is 0.393 e. The second kappa shape index (κ2) is 7.31. The van der Waals surface area contributed by atoms with Crippen molar-refractivity contribution in [2.75, 3.05) is 6.61 Å². The molecule has 0 spiro atoms. The predicted molar refractivity (Wildman–Crippen MR) is 114 cm³/mol. The van der Waals surface area contributed by atoms with Crippen molar-refractivity contribution in [1.29, 1.82) is 0 Å². The summed E-state index contributed by atoms with van der Waals surface area (Å²) in [4.78, 5) is 25.2. The Bertz CT molecular complexity index is 895. The average molecular weight is 447 g/mol. The Morgan fingerprint density at radius 1 is 1.34 bits per heavy atom. The highest BCUT2D eigenvalue weighted by molar-refractivity contribution is 6.01. The van der Waals surface area contributed by atoms with Crippen LogP contribution in [0.3, 0.4) is 0 Å². The van der Waals surface area contributed by atoms with E-state index in [4.69, 9.17) is 9.47 Å². The first kappa shape index (κ1) is 22.4. The zero-order chi connectivity index (χ0) is 23.1. The predicted octanol–water partition coefficient (Wildman–Crippen LogP) is 1.69. The molecule has 1 heterocycles. The van der Waals surface area contributed by atoms with Crippen LogP contribution in [0.15, 0.2) is 23.8 Å². The maximum Gasteiger partial charge on any atom is 0.193 e. The lowest BCUT2D eigenvalue weighted by Crippen LogP contribution is -2.63. The van der Waals surface area contributed by atoms with Crippen LogP contribution in [0.5, 0.6) is 0 Å². The SMILES string of the molecule is CC[C@H](O)C1O[C@@H]2C[C@H]3[C@@H]4CCC5=CC(=O)C=C[C@]5(C)[C@H]4[C@@H](O)C[C@]3(C)[C@]2(C(=O)CO)O1. The first-order valence-corrected chi connectivity index (χ1v) is 11.9. The molecular formula is C25H34O7. The van der Waals surface area contributed by atoms with Gasteiger partial charge in [0.05, 0.1) is 12.2 Å². The van der Waals surface area contributed by atoms with Crippen LogP contribution in [0.25, 0.3) is 0 Å². The van der Waals surface area contributed by atoms with Crippen molar-refractivity contribution in [1.82, 2.24) is 0 Å². The second-order valence-corrected chi connectivity index (χ2v) is 10.9. The van der Waals surface area contributed by atoms with Crippen LogP contribution < -0.4 is 0 Å². The molecule has 1 saturated heterocycles. The number of carbonyl (C=O) groups excluding carboxylic acids is 2. The monoisotopic (exact) mass is 446 g/mol. The molecule has 1 aliphatic heterocycles. The third-order valence-electron chi connectivity index (χ3n) is 9.55. The molecule has 10 atom stereocenters. The summed E-state index contributed by atoms with van der Waals surface area (Å²) in [6, 6.07) is 0. The molecule has 3 saturated carbocycles. The van der Waals surface area contributed by atoms with E-state index < -0.39 is 53.4 Å². The number of allylic oxidation sites excluding steroid dienone is 4. The van der Waals surface area contributed by atoms with Crippen LogP contribution in [-0.2, 0) is 19.1 Å². The van der Waals surface area contributed by atoms with Crippen LogP contribution in [0.2, 0.25) is 0 Å². The summed E-state index contributed by atoms with van der Waals surface area (Å²) in [7, 11) is 0. The summed E-state index contributed by atoms with van der Waals surface area (Å²) in [6.45, 7) is 5.25. The lowest BCUT2D eigenvalue weighted by Gasteiger charge is -2.59. The third-order valence-corrected chi connectivity index (χ3v) is 9.55. The summed E-state index contributed by atoms with van der Waals surface area (Å²) in [6.07, 6.45) is 5.18. The molecule has 0 aromatic heterocycles. The van der Waals surface area contributed by atoms with Crippen molar-refractivity contribution in [3.05, 3.63) is 23.8 Å². The molecule has 5 aliphatic rings. The lowest BCUT2D eigenvalue weighted by atomic mass is 9.46. The van der Waals surface area contributed by atoms with Crippen molar-refractivity contribution in [2.45, 2.75) is 83.1 Å². The maximum atomic E-state index is 13.3. The third kappa shape index (κ3) is 2.66. The van der Waals surface area contributed by atoms with E-state index in [0.717, 1.165) is 18.4 Å². The Labute approximate surface area is 188 Å². The number of aliphatic hydroxyl groups excluding tert-OH is 3. The van der Waals surface area contributed by atoms with E-state index in [0.29, 0.717) is 19.3 Å². The van der Waals surface area contributed by atoms with Crippen LogP contribution >= 0.6 is 0 Å². The Kier molecular flexibility index (Phi) is 5.12. The first-order valence-electron chi connectivity index (χ1n) is 11.9. The van der Waals surface area contributed by atoms with E-state index >= 15 is 0 Å². The molecule has 7 nitrogen and oxygen atoms in total. The van der Waals surface area contributed by atoms with Crippen molar-refractivity contribution < 1.29 is 34.4 Å². The van der Waals surface area contributed by atoms with Gasteiger partial charge < -0.3 is 24.8 Å². The Hall–Kier alpha value is -1.38. The molecule has 0 radical (unpaired) electrons. The molecule has 0 bridgehead atoms. The molecule has 7 heteroatoms. The Morgan fingerprint density at radius 3 is 2.78 bits per heavy atom. The van der Waals surface area contributed by atoms with E-state index in [1.54, 1.807) is 12.2 Å². The van der Waals surface area contributed by atoms with Gasteiger partial charge in [-0.2, -0.15) is 0 Å². The van der Waals surface area contributed by atoms with Crippen LogP contribution in [0, 0.1) is 28.6 Å². The summed E-state index contributed by atoms with van der Waals surface area (Å²) in [5, 5.41) is 31.8. The number of carbonyl (C=O) groups is 2. The molecule has 3 N–H and O–H groups in total. The number of Topliss-reactive ketones (excluding diaryl/α,β-unsaturated/α-hetero) is 1. The molecule has 176 valence electrons. The number of hydrogen-bond donors (Lipinski definition) is 3. The van der Waals surface area contributed by atoms with Gasteiger partial charge in [-0.25, -0.2) is 0 Å². The number of ketones is 2. The van der Waals surface area contributed by atoms with Crippen LogP contribution in [-0.4, -0.2) is 63.7 Å². The van der Waals surface area contributed by atoms with Gasteiger partial charge in [0.2, 0.25) is 0 Å². The highest BCUT2D eigenvalue weighted by atomic mass is 16.8. The summed E-state index contributed by atoms with van der Waals surface area (Å²) in [5.74, 6) is -0.326. The molecule has 5 rings (SSSR count). The topological polar surface area (TPSA) is 113 Å². The molecule has 4 aliphatic carbocycles. The van der Waals surface area contributed by atoms with Gasteiger partial charge in [-0.3, -0.25) is 9.59 Å². The number of hydrogen-bond acceptors (Lipinski definition) is 7. The maximum absolute atomic E-state index is 13.3. The molecular weight excluding hydrogens is 412 g/mol. The number of fused-ring (bicyclic) bond motifs is 7. The normalized spacial score (nSPS) is 50.2. The molecule has 0 amide bonds. The fourth-order valence-corrected chi connectivity index (χ4v) is 8.08. The van der Waals surface area contributed by atoms with Crippen LogP contribution in [0.1, 0.15) is 52.9 Å². The average Bonchev–Trinajstić information content (AvgIpc) is 3.26. The molecule has 1 unspecified atom stereocenters. The van der Waals surface area contributed by atoms with E-state index in [2.05, 4.69) is 6.92 Å². The number of ether oxygens (including phenoxy) is 2.